The molecule has 0 radical (unpaired) electrons. The summed E-state index contributed by atoms with van der Waals surface area (Å²) in [5, 5.41) is 3.30. The van der Waals surface area contributed by atoms with Crippen LogP contribution in [-0.2, 0) is 10.0 Å². The highest BCUT2D eigenvalue weighted by molar-refractivity contribution is 7.89. The molecule has 1 rings (SSSR count). The minimum atomic E-state index is -3.95. The van der Waals surface area contributed by atoms with Crippen molar-refractivity contribution in [3.63, 3.8) is 0 Å². The minimum Gasteiger partial charge on any atom is -0.312 e. The molecule has 0 aliphatic carbocycles. The third-order valence-electron chi connectivity index (χ3n) is 2.84. The largest absolute Gasteiger partial charge is 0.346 e. The number of terminal acetylenes is 1. The average Bonchev–Trinajstić information content (AvgIpc) is 3.02. The Balaban J connectivity index is 3.10. The molecule has 1 heterocycles. The monoisotopic (exact) mass is 337 g/mol. The maximum Gasteiger partial charge on any atom is 0.346 e. The highest BCUT2D eigenvalue weighted by Gasteiger charge is 2.28. The molecule has 1 aromatic rings. The van der Waals surface area contributed by atoms with Crippen molar-refractivity contribution in [3.05, 3.63) is 31.6 Å². The molecule has 0 unspecified atom stereocenters. The fraction of sp³-hybridized carbons (Fsp3) is 0.357. The molecule has 124 valence electrons. The van der Waals surface area contributed by atoms with Gasteiger partial charge in [-0.3, -0.25) is 0 Å². The molecule has 0 N–H and O–H groups in total. The van der Waals surface area contributed by atoms with E-state index < -0.39 is 21.2 Å². The van der Waals surface area contributed by atoms with Crippen LogP contribution in [0.15, 0.2) is 36.8 Å². The van der Waals surface area contributed by atoms with Crippen LogP contribution in [0.1, 0.15) is 6.92 Å². The molecule has 1 amide bonds. The van der Waals surface area contributed by atoms with Gasteiger partial charge >= 0.3 is 6.03 Å². The smallest absolute Gasteiger partial charge is 0.312 e. The first kappa shape index (κ1) is 18.6. The average molecular weight is 337 g/mol. The van der Waals surface area contributed by atoms with Gasteiger partial charge in [0.25, 0.3) is 15.2 Å². The summed E-state index contributed by atoms with van der Waals surface area (Å²) < 4.78 is 26.8. The minimum absolute atomic E-state index is 0.0784. The van der Waals surface area contributed by atoms with E-state index in [4.69, 9.17) is 6.42 Å². The Morgan fingerprint density at radius 3 is 2.52 bits per heavy atom. The first-order valence-corrected chi connectivity index (χ1v) is 8.22. The molecule has 0 aromatic carbocycles. The van der Waals surface area contributed by atoms with Gasteiger partial charge < -0.3 is 4.90 Å². The maximum absolute atomic E-state index is 12.4. The highest BCUT2D eigenvalue weighted by atomic mass is 32.2. The van der Waals surface area contributed by atoms with Crippen LogP contribution in [0.25, 0.3) is 0 Å². The van der Waals surface area contributed by atoms with Crippen molar-refractivity contribution in [2.45, 2.75) is 12.1 Å². The van der Waals surface area contributed by atoms with Gasteiger partial charge in [0, 0.05) is 19.6 Å². The Kier molecular flexibility index (Phi) is 6.68. The van der Waals surface area contributed by atoms with Gasteiger partial charge in [0.05, 0.1) is 6.54 Å². The molecular weight excluding hydrogens is 318 g/mol. The van der Waals surface area contributed by atoms with E-state index in [1.807, 2.05) is 0 Å². The second-order valence-corrected chi connectivity index (χ2v) is 6.20. The molecule has 0 spiro atoms. The Hall–Kier alpha value is -2.44. The molecule has 23 heavy (non-hydrogen) atoms. The summed E-state index contributed by atoms with van der Waals surface area (Å²) in [4.78, 5) is 17.2. The van der Waals surface area contributed by atoms with Crippen molar-refractivity contribution in [3.8, 4) is 12.3 Å². The van der Waals surface area contributed by atoms with Crippen molar-refractivity contribution in [1.29, 1.82) is 0 Å². The van der Waals surface area contributed by atoms with Crippen molar-refractivity contribution in [2.24, 2.45) is 0 Å². The lowest BCUT2D eigenvalue weighted by Gasteiger charge is -2.17. The zero-order valence-corrected chi connectivity index (χ0v) is 13.7. The van der Waals surface area contributed by atoms with Crippen LogP contribution in [-0.4, -0.2) is 64.6 Å². The third kappa shape index (κ3) is 4.28. The summed E-state index contributed by atoms with van der Waals surface area (Å²) in [5.74, 6) is 2.35. The van der Waals surface area contributed by atoms with E-state index >= 15 is 0 Å². The fourth-order valence-corrected chi connectivity index (χ4v) is 2.91. The van der Waals surface area contributed by atoms with Crippen LogP contribution >= 0.6 is 0 Å². The molecule has 1 aromatic heterocycles. The van der Waals surface area contributed by atoms with Gasteiger partial charge in [-0.1, -0.05) is 18.1 Å². The van der Waals surface area contributed by atoms with E-state index in [1.165, 1.54) is 17.1 Å². The number of hydrogen-bond donors (Lipinski definition) is 0. The zero-order chi connectivity index (χ0) is 17.5. The number of sulfonamides is 1. The van der Waals surface area contributed by atoms with Crippen LogP contribution < -0.4 is 0 Å². The van der Waals surface area contributed by atoms with E-state index in [9.17, 15) is 13.2 Å². The summed E-state index contributed by atoms with van der Waals surface area (Å²) in [6.45, 7) is 9.39. The van der Waals surface area contributed by atoms with E-state index in [0.29, 0.717) is 6.54 Å². The lowest BCUT2D eigenvalue weighted by molar-refractivity contribution is 0.204. The first-order valence-electron chi connectivity index (χ1n) is 6.78. The number of rotatable bonds is 8. The Morgan fingerprint density at radius 1 is 1.43 bits per heavy atom. The standard InChI is InChI=1S/C14H19N5O3S/c1-5-9-17(8-4)14(20)19-12-15-13(16-19)23(21,22)18(10-6-2)11-7-3/h1,6-7,12H,2-3,8-11H2,4H3. The van der Waals surface area contributed by atoms with Gasteiger partial charge in [0.2, 0.25) is 0 Å². The van der Waals surface area contributed by atoms with E-state index in [0.717, 1.165) is 15.3 Å². The van der Waals surface area contributed by atoms with E-state index in [2.05, 4.69) is 29.2 Å². The zero-order valence-electron chi connectivity index (χ0n) is 12.9. The molecule has 0 saturated carbocycles. The third-order valence-corrected chi connectivity index (χ3v) is 4.46. The second kappa shape index (κ2) is 8.26. The van der Waals surface area contributed by atoms with Gasteiger partial charge in [-0.2, -0.15) is 8.99 Å². The van der Waals surface area contributed by atoms with Gasteiger partial charge in [0.15, 0.2) is 0 Å². The Bertz CT molecular complexity index is 707. The summed E-state index contributed by atoms with van der Waals surface area (Å²) in [5.41, 5.74) is 0. The fourth-order valence-electron chi connectivity index (χ4n) is 1.70. The van der Waals surface area contributed by atoms with Crippen molar-refractivity contribution in [1.82, 2.24) is 24.0 Å². The normalized spacial score (nSPS) is 11.0. The number of aromatic nitrogens is 3. The van der Waals surface area contributed by atoms with Gasteiger partial charge in [-0.05, 0) is 6.92 Å². The first-order chi connectivity index (χ1) is 10.9. The Labute approximate surface area is 136 Å². The SMILES string of the molecule is C#CCN(CC)C(=O)n1cnc(S(=O)(=O)N(CC=C)CC=C)n1. The summed E-state index contributed by atoms with van der Waals surface area (Å²) in [6.07, 6.45) is 9.12. The van der Waals surface area contributed by atoms with Crippen molar-refractivity contribution < 1.29 is 13.2 Å². The summed E-state index contributed by atoms with van der Waals surface area (Å²) in [6, 6.07) is -0.543. The van der Waals surface area contributed by atoms with Crippen molar-refractivity contribution >= 4 is 16.1 Å². The Morgan fingerprint density at radius 2 is 2.04 bits per heavy atom. The molecule has 0 saturated heterocycles. The van der Waals surface area contributed by atoms with Crippen LogP contribution in [0.4, 0.5) is 4.79 Å². The number of carbonyl (C=O) groups excluding carboxylic acids is 1. The number of carbonyl (C=O) groups is 1. The molecular formula is C14H19N5O3S. The quantitative estimate of drug-likeness (QED) is 0.511. The predicted molar refractivity (Wildman–Crippen MR) is 86.0 cm³/mol. The number of hydrogen-bond acceptors (Lipinski definition) is 5. The second-order valence-electron chi connectivity index (χ2n) is 4.37. The van der Waals surface area contributed by atoms with E-state index in [1.54, 1.807) is 6.92 Å². The number of amides is 1. The lowest BCUT2D eigenvalue weighted by atomic mass is 10.5. The van der Waals surface area contributed by atoms with Crippen LogP contribution in [0, 0.1) is 12.3 Å². The van der Waals surface area contributed by atoms with Crippen LogP contribution in [0.2, 0.25) is 0 Å². The summed E-state index contributed by atoms with van der Waals surface area (Å²) >= 11 is 0. The van der Waals surface area contributed by atoms with Gasteiger partial charge in [-0.15, -0.1) is 24.7 Å². The highest BCUT2D eigenvalue weighted by Crippen LogP contribution is 2.11. The molecule has 0 fully saturated rings. The molecule has 0 atom stereocenters. The van der Waals surface area contributed by atoms with Crippen LogP contribution in [0.3, 0.4) is 0 Å². The summed E-state index contributed by atoms with van der Waals surface area (Å²) in [7, 11) is -3.95. The number of nitrogens with zero attached hydrogens (tertiary/aromatic N) is 5. The van der Waals surface area contributed by atoms with Gasteiger partial charge in [-0.25, -0.2) is 18.2 Å². The predicted octanol–water partition coefficient (Wildman–Crippen LogP) is 0.564. The maximum atomic E-state index is 12.4. The molecule has 0 aliphatic heterocycles. The molecule has 9 heteroatoms. The molecule has 0 bridgehead atoms. The van der Waals surface area contributed by atoms with Crippen molar-refractivity contribution in [2.75, 3.05) is 26.2 Å². The topological polar surface area (TPSA) is 88.4 Å². The molecule has 8 nitrogen and oxygen atoms in total. The molecule has 0 aliphatic rings. The van der Waals surface area contributed by atoms with E-state index in [-0.39, 0.29) is 19.6 Å². The van der Waals surface area contributed by atoms with Gasteiger partial charge in [0.1, 0.15) is 6.33 Å². The lowest BCUT2D eigenvalue weighted by Crippen LogP contribution is -2.36. The van der Waals surface area contributed by atoms with Crippen LogP contribution in [0.5, 0.6) is 0 Å².